The van der Waals surface area contributed by atoms with Crippen LogP contribution in [0.15, 0.2) is 24.7 Å². The summed E-state index contributed by atoms with van der Waals surface area (Å²) in [6.07, 6.45) is 5.07. The SMILES string of the molecule is C[C@@]1(O)CCC[C@H](Nc2nc(-c3c[nH]c4ncc(Cl)cc34)ncc2F)[C@@H]1O. The second-order valence-electron chi connectivity index (χ2n) is 7.09. The minimum atomic E-state index is -1.22. The second kappa shape index (κ2) is 6.70. The molecule has 0 aliphatic heterocycles. The highest BCUT2D eigenvalue weighted by molar-refractivity contribution is 6.31. The van der Waals surface area contributed by atoms with Crippen LogP contribution in [0.2, 0.25) is 5.02 Å². The predicted octanol–water partition coefficient (Wildman–Crippen LogP) is 2.89. The molecule has 4 rings (SSSR count). The third-order valence-corrected chi connectivity index (χ3v) is 5.23. The normalized spacial score (nSPS) is 25.7. The average molecular weight is 392 g/mol. The zero-order valence-corrected chi connectivity index (χ0v) is 15.3. The molecule has 1 fully saturated rings. The first kappa shape index (κ1) is 18.1. The van der Waals surface area contributed by atoms with Crippen LogP contribution < -0.4 is 5.32 Å². The molecular weight excluding hydrogens is 373 g/mol. The van der Waals surface area contributed by atoms with E-state index in [0.717, 1.165) is 11.6 Å². The molecule has 4 N–H and O–H groups in total. The molecule has 0 unspecified atom stereocenters. The number of hydrogen-bond acceptors (Lipinski definition) is 6. The van der Waals surface area contributed by atoms with E-state index >= 15 is 0 Å². The lowest BCUT2D eigenvalue weighted by molar-refractivity contribution is -0.0919. The Labute approximate surface area is 159 Å². The molecule has 3 atom stereocenters. The molecule has 1 saturated carbocycles. The van der Waals surface area contributed by atoms with E-state index in [1.165, 1.54) is 6.20 Å². The largest absolute Gasteiger partial charge is 0.388 e. The Hall–Kier alpha value is -2.29. The fourth-order valence-corrected chi connectivity index (χ4v) is 3.66. The first-order valence-electron chi connectivity index (χ1n) is 8.68. The van der Waals surface area contributed by atoms with Gasteiger partial charge in [0, 0.05) is 23.3 Å². The van der Waals surface area contributed by atoms with Gasteiger partial charge in [-0.3, -0.25) is 0 Å². The molecule has 3 aromatic rings. The number of anilines is 1. The quantitative estimate of drug-likeness (QED) is 0.547. The summed E-state index contributed by atoms with van der Waals surface area (Å²) in [5.74, 6) is -0.357. The number of aromatic nitrogens is 4. The Balaban J connectivity index is 1.68. The number of rotatable bonds is 3. The molecule has 0 radical (unpaired) electrons. The minimum Gasteiger partial charge on any atom is -0.388 e. The third kappa shape index (κ3) is 3.36. The van der Waals surface area contributed by atoms with Crippen molar-refractivity contribution in [3.05, 3.63) is 35.5 Å². The second-order valence-corrected chi connectivity index (χ2v) is 7.52. The van der Waals surface area contributed by atoms with Crippen LogP contribution in [-0.4, -0.2) is 47.9 Å². The van der Waals surface area contributed by atoms with Crippen molar-refractivity contribution in [1.82, 2.24) is 19.9 Å². The topological polar surface area (TPSA) is 107 Å². The van der Waals surface area contributed by atoms with Crippen molar-refractivity contribution in [3.63, 3.8) is 0 Å². The van der Waals surface area contributed by atoms with E-state index in [4.69, 9.17) is 11.6 Å². The van der Waals surface area contributed by atoms with Gasteiger partial charge in [-0.2, -0.15) is 0 Å². The molecule has 27 heavy (non-hydrogen) atoms. The van der Waals surface area contributed by atoms with Gasteiger partial charge in [0.25, 0.3) is 0 Å². The number of nitrogens with one attached hydrogen (secondary N) is 2. The molecule has 0 saturated heterocycles. The number of aliphatic hydroxyl groups is 2. The lowest BCUT2D eigenvalue weighted by Gasteiger charge is -2.39. The zero-order chi connectivity index (χ0) is 19.2. The summed E-state index contributed by atoms with van der Waals surface area (Å²) in [6.45, 7) is 1.58. The molecule has 3 aromatic heterocycles. The van der Waals surface area contributed by atoms with Gasteiger partial charge in [0.15, 0.2) is 17.5 Å². The minimum absolute atomic E-state index is 0.0221. The molecule has 0 bridgehead atoms. The molecule has 142 valence electrons. The lowest BCUT2D eigenvalue weighted by atomic mass is 9.80. The Morgan fingerprint density at radius 3 is 3.00 bits per heavy atom. The summed E-state index contributed by atoms with van der Waals surface area (Å²) in [6, 6.07) is 1.22. The van der Waals surface area contributed by atoms with E-state index in [0.29, 0.717) is 41.3 Å². The van der Waals surface area contributed by atoms with E-state index in [9.17, 15) is 14.6 Å². The maximum atomic E-state index is 14.3. The number of fused-ring (bicyclic) bond motifs is 1. The molecule has 3 heterocycles. The molecule has 1 aliphatic carbocycles. The fraction of sp³-hybridized carbons (Fsp3) is 0.389. The Morgan fingerprint density at radius 2 is 2.19 bits per heavy atom. The zero-order valence-electron chi connectivity index (χ0n) is 14.6. The van der Waals surface area contributed by atoms with Gasteiger partial charge < -0.3 is 20.5 Å². The van der Waals surface area contributed by atoms with Crippen LogP contribution in [0.4, 0.5) is 10.2 Å². The molecule has 9 heteroatoms. The van der Waals surface area contributed by atoms with Gasteiger partial charge in [0.1, 0.15) is 11.8 Å². The standard InChI is InChI=1S/C18H19ClFN5O2/c1-18(27)4-2-3-13(14(18)26)24-17-12(20)8-23-16(25-17)11-7-22-15-10(11)5-9(19)6-21-15/h5-8,13-14,26-27H,2-4H2,1H3,(H,21,22)(H,23,24,25)/t13-,14-,18+/m0/s1. The maximum Gasteiger partial charge on any atom is 0.183 e. The van der Waals surface area contributed by atoms with Gasteiger partial charge in [-0.15, -0.1) is 0 Å². The van der Waals surface area contributed by atoms with Crippen molar-refractivity contribution in [2.75, 3.05) is 5.32 Å². The van der Waals surface area contributed by atoms with E-state index < -0.39 is 23.6 Å². The van der Waals surface area contributed by atoms with Crippen LogP contribution in [0.3, 0.4) is 0 Å². The maximum absolute atomic E-state index is 14.3. The third-order valence-electron chi connectivity index (χ3n) is 5.02. The highest BCUT2D eigenvalue weighted by Crippen LogP contribution is 2.32. The summed E-state index contributed by atoms with van der Waals surface area (Å²) < 4.78 is 14.3. The van der Waals surface area contributed by atoms with Crippen LogP contribution in [0.5, 0.6) is 0 Å². The number of aliphatic hydroxyl groups excluding tert-OH is 1. The first-order chi connectivity index (χ1) is 12.8. The Morgan fingerprint density at radius 1 is 1.37 bits per heavy atom. The molecule has 1 aliphatic rings. The van der Waals surface area contributed by atoms with Gasteiger partial charge in [0.2, 0.25) is 0 Å². The molecule has 0 aromatic carbocycles. The van der Waals surface area contributed by atoms with Gasteiger partial charge in [-0.05, 0) is 32.3 Å². The molecule has 7 nitrogen and oxygen atoms in total. The lowest BCUT2D eigenvalue weighted by Crippen LogP contribution is -2.53. The van der Waals surface area contributed by atoms with E-state index in [1.54, 1.807) is 19.2 Å². The monoisotopic (exact) mass is 391 g/mol. The summed E-state index contributed by atoms with van der Waals surface area (Å²) >= 11 is 6.02. The Bertz CT molecular complexity index is 993. The van der Waals surface area contributed by atoms with Crippen molar-refractivity contribution < 1.29 is 14.6 Å². The van der Waals surface area contributed by atoms with Crippen molar-refractivity contribution in [2.45, 2.75) is 43.9 Å². The number of aromatic amines is 1. The number of pyridine rings is 1. The number of halogens is 2. The number of nitrogens with zero attached hydrogens (tertiary/aromatic N) is 3. The Kier molecular flexibility index (Phi) is 4.49. The van der Waals surface area contributed by atoms with Crippen LogP contribution >= 0.6 is 11.6 Å². The van der Waals surface area contributed by atoms with Crippen LogP contribution in [0.1, 0.15) is 26.2 Å². The summed E-state index contributed by atoms with van der Waals surface area (Å²) in [5, 5.41) is 24.8. The highest BCUT2D eigenvalue weighted by atomic mass is 35.5. The van der Waals surface area contributed by atoms with Gasteiger partial charge >= 0.3 is 0 Å². The summed E-state index contributed by atoms with van der Waals surface area (Å²) in [7, 11) is 0. The molecule has 0 amide bonds. The van der Waals surface area contributed by atoms with E-state index in [-0.39, 0.29) is 5.82 Å². The predicted molar refractivity (Wildman–Crippen MR) is 100.0 cm³/mol. The van der Waals surface area contributed by atoms with Gasteiger partial charge in [0.05, 0.1) is 22.9 Å². The van der Waals surface area contributed by atoms with Crippen molar-refractivity contribution in [2.24, 2.45) is 0 Å². The average Bonchev–Trinajstić information content (AvgIpc) is 3.04. The van der Waals surface area contributed by atoms with Gasteiger partial charge in [-0.1, -0.05) is 11.6 Å². The van der Waals surface area contributed by atoms with Crippen LogP contribution in [-0.2, 0) is 0 Å². The highest BCUT2D eigenvalue weighted by Gasteiger charge is 2.40. The van der Waals surface area contributed by atoms with Crippen LogP contribution in [0.25, 0.3) is 22.4 Å². The van der Waals surface area contributed by atoms with E-state index in [1.807, 2.05) is 0 Å². The summed E-state index contributed by atoms with van der Waals surface area (Å²) in [5.41, 5.74) is 0.0384. The molecular formula is C18H19ClFN5O2. The first-order valence-corrected chi connectivity index (χ1v) is 9.05. The van der Waals surface area contributed by atoms with Crippen molar-refractivity contribution in [1.29, 1.82) is 0 Å². The van der Waals surface area contributed by atoms with E-state index in [2.05, 4.69) is 25.3 Å². The smallest absolute Gasteiger partial charge is 0.183 e. The van der Waals surface area contributed by atoms with Crippen molar-refractivity contribution in [3.8, 4) is 11.4 Å². The summed E-state index contributed by atoms with van der Waals surface area (Å²) in [4.78, 5) is 15.6. The molecule has 0 spiro atoms. The van der Waals surface area contributed by atoms with Gasteiger partial charge in [-0.25, -0.2) is 19.3 Å². The number of H-pyrrole nitrogens is 1. The number of hydrogen-bond donors (Lipinski definition) is 4. The van der Waals surface area contributed by atoms with Crippen molar-refractivity contribution >= 4 is 28.5 Å². The fourth-order valence-electron chi connectivity index (χ4n) is 3.51. The van der Waals surface area contributed by atoms with Crippen LogP contribution in [0, 0.1) is 5.82 Å².